The molecule has 132 valence electrons. The van der Waals surface area contributed by atoms with Gasteiger partial charge in [-0.15, -0.1) is 0 Å². The average molecular weight is 411 g/mol. The molecule has 25 heavy (non-hydrogen) atoms. The highest BCUT2D eigenvalue weighted by Crippen LogP contribution is 2.38. The van der Waals surface area contributed by atoms with Crippen molar-refractivity contribution in [2.75, 3.05) is 25.1 Å². The highest BCUT2D eigenvalue weighted by atomic mass is 79.9. The van der Waals surface area contributed by atoms with Crippen LogP contribution in [0, 0.1) is 13.8 Å². The Morgan fingerprint density at radius 3 is 2.56 bits per heavy atom. The second kappa shape index (κ2) is 7.14. The average Bonchev–Trinajstić information content (AvgIpc) is 2.92. The van der Waals surface area contributed by atoms with Crippen molar-refractivity contribution in [2.45, 2.75) is 13.8 Å². The number of esters is 1. The van der Waals surface area contributed by atoms with Gasteiger partial charge in [-0.05, 0) is 29.8 Å². The Bertz CT molecular complexity index is 813. The Labute approximate surface area is 151 Å². The van der Waals surface area contributed by atoms with Gasteiger partial charge in [0.15, 0.2) is 18.1 Å². The van der Waals surface area contributed by atoms with Gasteiger partial charge in [-0.2, -0.15) is 0 Å². The third kappa shape index (κ3) is 3.76. The second-order valence-corrected chi connectivity index (χ2v) is 6.15. The van der Waals surface area contributed by atoms with Crippen LogP contribution in [0.3, 0.4) is 0 Å². The zero-order valence-corrected chi connectivity index (χ0v) is 15.1. The first-order valence-corrected chi connectivity index (χ1v) is 8.24. The van der Waals surface area contributed by atoms with Gasteiger partial charge in [0, 0.05) is 16.6 Å². The van der Waals surface area contributed by atoms with E-state index in [2.05, 4.69) is 26.4 Å². The van der Waals surface area contributed by atoms with Gasteiger partial charge in [-0.25, -0.2) is 4.79 Å². The molecule has 1 aliphatic heterocycles. The lowest BCUT2D eigenvalue weighted by Gasteiger charge is -2.20. The van der Waals surface area contributed by atoms with Crippen molar-refractivity contribution in [2.24, 2.45) is 0 Å². The van der Waals surface area contributed by atoms with E-state index in [0.717, 1.165) is 0 Å². The summed E-state index contributed by atoms with van der Waals surface area (Å²) >= 11 is 3.36. The van der Waals surface area contributed by atoms with Gasteiger partial charge in [0.1, 0.15) is 24.5 Å². The van der Waals surface area contributed by atoms with Crippen LogP contribution < -0.4 is 14.8 Å². The molecular formula is C16H15BrN2O6. The minimum atomic E-state index is -0.660. The lowest BCUT2D eigenvalue weighted by atomic mass is 10.2. The van der Waals surface area contributed by atoms with Crippen molar-refractivity contribution >= 4 is 33.5 Å². The zero-order valence-electron chi connectivity index (χ0n) is 13.6. The standard InChI is InChI=1S/C16H15BrN2O6/c1-8-15(9(2)25-19-8)16(21)24-7-14(20)18-11-6-13-12(5-10(11)17)22-3-4-23-13/h5-6H,3-4,7H2,1-2H3,(H,18,20). The van der Waals surface area contributed by atoms with Crippen LogP contribution in [0.4, 0.5) is 5.69 Å². The molecule has 1 aromatic heterocycles. The molecule has 0 bridgehead atoms. The van der Waals surface area contributed by atoms with Crippen molar-refractivity contribution in [3.8, 4) is 11.5 Å². The molecule has 0 saturated heterocycles. The van der Waals surface area contributed by atoms with Crippen LogP contribution in [0.2, 0.25) is 0 Å². The molecule has 0 atom stereocenters. The van der Waals surface area contributed by atoms with E-state index in [1.54, 1.807) is 26.0 Å². The number of aryl methyl sites for hydroxylation is 2. The summed E-state index contributed by atoms with van der Waals surface area (Å²) in [6.07, 6.45) is 0. The topological polar surface area (TPSA) is 99.9 Å². The Morgan fingerprint density at radius 2 is 1.92 bits per heavy atom. The van der Waals surface area contributed by atoms with Crippen molar-refractivity contribution in [3.05, 3.63) is 33.6 Å². The molecule has 3 rings (SSSR count). The van der Waals surface area contributed by atoms with Crippen LogP contribution in [-0.4, -0.2) is 36.9 Å². The number of carbonyl (C=O) groups is 2. The van der Waals surface area contributed by atoms with E-state index in [4.69, 9.17) is 18.7 Å². The molecule has 0 aliphatic carbocycles. The minimum absolute atomic E-state index is 0.230. The maximum Gasteiger partial charge on any atom is 0.344 e. The molecule has 2 heterocycles. The fourth-order valence-corrected chi connectivity index (χ4v) is 2.75. The van der Waals surface area contributed by atoms with E-state index in [1.165, 1.54) is 0 Å². The van der Waals surface area contributed by atoms with Gasteiger partial charge in [0.05, 0.1) is 11.4 Å². The third-order valence-corrected chi connectivity index (χ3v) is 4.13. The maximum atomic E-state index is 12.1. The summed E-state index contributed by atoms with van der Waals surface area (Å²) in [5.41, 5.74) is 1.13. The predicted octanol–water partition coefficient (Wildman–Crippen LogP) is 2.62. The first kappa shape index (κ1) is 17.3. The number of anilines is 1. The SMILES string of the molecule is Cc1noc(C)c1C(=O)OCC(=O)Nc1cc2c(cc1Br)OCCO2. The zero-order chi connectivity index (χ0) is 18.0. The van der Waals surface area contributed by atoms with Gasteiger partial charge in [-0.3, -0.25) is 4.79 Å². The van der Waals surface area contributed by atoms with Crippen molar-refractivity contribution < 1.29 is 28.3 Å². The molecule has 0 fully saturated rings. The summed E-state index contributed by atoms with van der Waals surface area (Å²) in [7, 11) is 0. The van der Waals surface area contributed by atoms with Crippen molar-refractivity contribution in [1.82, 2.24) is 5.16 Å². The number of rotatable bonds is 4. The first-order valence-electron chi connectivity index (χ1n) is 7.44. The third-order valence-electron chi connectivity index (χ3n) is 3.48. The molecule has 1 amide bonds. The number of aromatic nitrogens is 1. The number of nitrogens with zero attached hydrogens (tertiary/aromatic N) is 1. The van der Waals surface area contributed by atoms with Crippen LogP contribution in [0.15, 0.2) is 21.1 Å². The largest absolute Gasteiger partial charge is 0.486 e. The molecule has 0 spiro atoms. The quantitative estimate of drug-likeness (QED) is 0.772. The van der Waals surface area contributed by atoms with Crippen LogP contribution in [0.25, 0.3) is 0 Å². The van der Waals surface area contributed by atoms with Gasteiger partial charge >= 0.3 is 5.97 Å². The number of amides is 1. The van der Waals surface area contributed by atoms with E-state index in [0.29, 0.717) is 46.3 Å². The molecule has 9 heteroatoms. The second-order valence-electron chi connectivity index (χ2n) is 5.30. The maximum absolute atomic E-state index is 12.1. The molecule has 0 unspecified atom stereocenters. The summed E-state index contributed by atoms with van der Waals surface area (Å²) in [6, 6.07) is 3.35. The highest BCUT2D eigenvalue weighted by Gasteiger charge is 2.21. The number of halogens is 1. The summed E-state index contributed by atoms with van der Waals surface area (Å²) in [4.78, 5) is 24.1. The van der Waals surface area contributed by atoms with Crippen molar-refractivity contribution in [1.29, 1.82) is 0 Å². The Morgan fingerprint density at radius 1 is 1.24 bits per heavy atom. The monoisotopic (exact) mass is 410 g/mol. The number of benzene rings is 1. The summed E-state index contributed by atoms with van der Waals surface area (Å²) in [6.45, 7) is 3.70. The molecule has 0 saturated carbocycles. The Kier molecular flexibility index (Phi) is 4.93. The highest BCUT2D eigenvalue weighted by molar-refractivity contribution is 9.10. The van der Waals surface area contributed by atoms with Crippen LogP contribution in [0.1, 0.15) is 21.8 Å². The fraction of sp³-hybridized carbons (Fsp3) is 0.312. The molecule has 1 N–H and O–H groups in total. The molecule has 1 aliphatic rings. The minimum Gasteiger partial charge on any atom is -0.486 e. The van der Waals surface area contributed by atoms with E-state index >= 15 is 0 Å². The van der Waals surface area contributed by atoms with E-state index in [1.807, 2.05) is 0 Å². The number of nitrogens with one attached hydrogen (secondary N) is 1. The number of ether oxygens (including phenoxy) is 3. The molecule has 8 nitrogen and oxygen atoms in total. The van der Waals surface area contributed by atoms with Gasteiger partial charge in [0.25, 0.3) is 5.91 Å². The summed E-state index contributed by atoms with van der Waals surface area (Å²) in [5.74, 6) is 0.334. The van der Waals surface area contributed by atoms with Crippen LogP contribution in [-0.2, 0) is 9.53 Å². The summed E-state index contributed by atoms with van der Waals surface area (Å²) < 4.78 is 21.5. The van der Waals surface area contributed by atoms with E-state index in [9.17, 15) is 9.59 Å². The number of hydrogen-bond donors (Lipinski definition) is 1. The van der Waals surface area contributed by atoms with Crippen LogP contribution >= 0.6 is 15.9 Å². The predicted molar refractivity (Wildman–Crippen MR) is 90.0 cm³/mol. The van der Waals surface area contributed by atoms with E-state index in [-0.39, 0.29) is 5.56 Å². The number of hydrogen-bond acceptors (Lipinski definition) is 7. The number of fused-ring (bicyclic) bond motifs is 1. The molecule has 2 aromatic rings. The molecule has 0 radical (unpaired) electrons. The first-order chi connectivity index (χ1) is 12.0. The fourth-order valence-electron chi connectivity index (χ4n) is 2.32. The lowest BCUT2D eigenvalue weighted by Crippen LogP contribution is -2.22. The van der Waals surface area contributed by atoms with Crippen molar-refractivity contribution in [3.63, 3.8) is 0 Å². The summed E-state index contributed by atoms with van der Waals surface area (Å²) in [5, 5.41) is 6.33. The lowest BCUT2D eigenvalue weighted by molar-refractivity contribution is -0.119. The van der Waals surface area contributed by atoms with Gasteiger partial charge < -0.3 is 24.1 Å². The Hall–Kier alpha value is -2.55. The number of carbonyl (C=O) groups excluding carboxylic acids is 2. The van der Waals surface area contributed by atoms with Gasteiger partial charge in [0.2, 0.25) is 0 Å². The van der Waals surface area contributed by atoms with Gasteiger partial charge in [-0.1, -0.05) is 5.16 Å². The van der Waals surface area contributed by atoms with Crippen LogP contribution in [0.5, 0.6) is 11.5 Å². The smallest absolute Gasteiger partial charge is 0.344 e. The van der Waals surface area contributed by atoms with E-state index < -0.39 is 18.5 Å². The Balaban J connectivity index is 1.62. The normalized spacial score (nSPS) is 12.6. The molecular weight excluding hydrogens is 396 g/mol. The molecule has 1 aromatic carbocycles.